The first-order valence-corrected chi connectivity index (χ1v) is 16.3. The maximum Gasteiger partial charge on any atom is 0.263 e. The highest BCUT2D eigenvalue weighted by Crippen LogP contribution is 2.40. The van der Waals surface area contributed by atoms with Gasteiger partial charge in [0.2, 0.25) is 5.88 Å². The van der Waals surface area contributed by atoms with E-state index in [1.54, 1.807) is 12.1 Å². The predicted octanol–water partition coefficient (Wildman–Crippen LogP) is 1.48. The molecule has 2 aliphatic rings. The fourth-order valence-corrected chi connectivity index (χ4v) is 6.12. The maximum absolute atomic E-state index is 14.2. The van der Waals surface area contributed by atoms with Gasteiger partial charge in [0.15, 0.2) is 0 Å². The molecule has 0 saturated heterocycles. The lowest BCUT2D eigenvalue weighted by atomic mass is 9.89. The zero-order chi connectivity index (χ0) is 33.7. The number of pyridine rings is 2. The van der Waals surface area contributed by atoms with Gasteiger partial charge >= 0.3 is 0 Å². The van der Waals surface area contributed by atoms with Crippen LogP contribution >= 0.6 is 0 Å². The number of aromatic nitrogens is 2. The van der Waals surface area contributed by atoms with Gasteiger partial charge in [0.05, 0.1) is 21.7 Å². The van der Waals surface area contributed by atoms with E-state index in [1.165, 1.54) is 9.13 Å². The minimum absolute atomic E-state index is 0.164. The molecular weight excluding hydrogens is 584 g/mol. The van der Waals surface area contributed by atoms with E-state index in [-0.39, 0.29) is 23.5 Å². The Bertz CT molecular complexity index is 1830. The van der Waals surface area contributed by atoms with Crippen molar-refractivity contribution in [3.05, 3.63) is 48.6 Å². The van der Waals surface area contributed by atoms with E-state index in [1.807, 2.05) is 66.2 Å². The van der Waals surface area contributed by atoms with E-state index < -0.39 is 5.56 Å². The van der Waals surface area contributed by atoms with Gasteiger partial charge in [0.25, 0.3) is 16.7 Å². The van der Waals surface area contributed by atoms with E-state index in [0.29, 0.717) is 76.2 Å². The van der Waals surface area contributed by atoms with Gasteiger partial charge in [0.1, 0.15) is 0 Å². The summed E-state index contributed by atoms with van der Waals surface area (Å²) in [6.45, 7) is 4.78. The Morgan fingerprint density at radius 1 is 0.674 bits per heavy atom. The SMILES string of the molecule is CN(C)CCCN=c1cc2c(=O)n(CCCN(C)C)c(=O)c3c(NCCCN(C)C)cc4c(O)n(CCCN(C)C)c(=O)c1c4c3-2. The van der Waals surface area contributed by atoms with Crippen molar-refractivity contribution < 1.29 is 5.11 Å². The molecule has 0 amide bonds. The summed E-state index contributed by atoms with van der Waals surface area (Å²) in [6.07, 6.45) is 2.88. The molecule has 1 aliphatic heterocycles. The Morgan fingerprint density at radius 3 is 1.83 bits per heavy atom. The molecule has 46 heavy (non-hydrogen) atoms. The predicted molar refractivity (Wildman–Crippen MR) is 189 cm³/mol. The number of hydrogen-bond donors (Lipinski definition) is 2. The lowest BCUT2D eigenvalue weighted by Gasteiger charge is -2.23. The van der Waals surface area contributed by atoms with Crippen LogP contribution in [0.4, 0.5) is 5.69 Å². The van der Waals surface area contributed by atoms with Crippen molar-refractivity contribution in [3.63, 3.8) is 0 Å². The fourth-order valence-electron chi connectivity index (χ4n) is 6.12. The van der Waals surface area contributed by atoms with Gasteiger partial charge in [-0.25, -0.2) is 0 Å². The highest BCUT2D eigenvalue weighted by Gasteiger charge is 2.29. The number of benzene rings is 2. The first kappa shape index (κ1) is 35.3. The zero-order valence-corrected chi connectivity index (χ0v) is 28.9. The number of aromatic hydroxyl groups is 1. The second-order valence-corrected chi connectivity index (χ2v) is 13.4. The summed E-state index contributed by atoms with van der Waals surface area (Å²) in [5, 5.41) is 17.1. The summed E-state index contributed by atoms with van der Waals surface area (Å²) >= 11 is 0. The molecule has 0 spiro atoms. The summed E-state index contributed by atoms with van der Waals surface area (Å²) in [4.78, 5) is 55.7. The Balaban J connectivity index is 2.08. The third kappa shape index (κ3) is 7.68. The fraction of sp³-hybridized carbons (Fsp3) is 0.588. The van der Waals surface area contributed by atoms with Crippen LogP contribution in [0, 0.1) is 0 Å². The number of hydrogen-bond acceptors (Lipinski definition) is 10. The average Bonchev–Trinajstić information content (AvgIpc) is 2.98. The maximum atomic E-state index is 14.2. The molecule has 1 aromatic heterocycles. The van der Waals surface area contributed by atoms with Crippen molar-refractivity contribution >= 4 is 27.2 Å². The molecule has 1 aromatic carbocycles. The van der Waals surface area contributed by atoms with Crippen molar-refractivity contribution in [1.82, 2.24) is 28.7 Å². The van der Waals surface area contributed by atoms with Crippen LogP contribution in [0.5, 0.6) is 5.88 Å². The van der Waals surface area contributed by atoms with Crippen LogP contribution in [0.3, 0.4) is 0 Å². The number of nitrogens with zero attached hydrogens (tertiary/aromatic N) is 7. The first-order valence-electron chi connectivity index (χ1n) is 16.3. The van der Waals surface area contributed by atoms with Crippen molar-refractivity contribution in [2.75, 3.05) is 101 Å². The molecule has 2 aromatic rings. The summed E-state index contributed by atoms with van der Waals surface area (Å²) in [5.74, 6) is -0.164. The van der Waals surface area contributed by atoms with Crippen molar-refractivity contribution in [3.8, 4) is 17.0 Å². The van der Waals surface area contributed by atoms with Crippen LogP contribution in [0.25, 0.3) is 32.7 Å². The van der Waals surface area contributed by atoms with Gasteiger partial charge in [-0.15, -0.1) is 0 Å². The summed E-state index contributed by atoms with van der Waals surface area (Å²) in [5.41, 5.74) is 0.149. The normalized spacial score (nSPS) is 12.9. The molecule has 0 unspecified atom stereocenters. The van der Waals surface area contributed by atoms with Crippen molar-refractivity contribution in [2.45, 2.75) is 38.8 Å². The van der Waals surface area contributed by atoms with Gasteiger partial charge in [0, 0.05) is 48.2 Å². The van der Waals surface area contributed by atoms with Gasteiger partial charge in [-0.2, -0.15) is 0 Å². The van der Waals surface area contributed by atoms with Crippen LogP contribution in [0.1, 0.15) is 25.7 Å². The third-order valence-corrected chi connectivity index (χ3v) is 8.39. The van der Waals surface area contributed by atoms with Crippen LogP contribution in [0.2, 0.25) is 0 Å². The molecule has 0 fully saturated rings. The highest BCUT2D eigenvalue weighted by molar-refractivity contribution is 6.18. The molecule has 4 rings (SSSR count). The standard InChI is InChI=1S/C34H52N8O4/c1-37(2)15-9-13-35-25-21-23-28-27-24(32(44)41(33(45)29(25)27)19-11-17-39(5)6)22-26(36-14-10-16-38(3)4)30(28)34(46)42(31(23)43)20-12-18-40(7)8/h21-22,35,43H,9-20H2,1-8H3. The van der Waals surface area contributed by atoms with Crippen molar-refractivity contribution in [2.24, 2.45) is 4.99 Å². The quantitative estimate of drug-likeness (QED) is 0.131. The minimum Gasteiger partial charge on any atom is -0.494 e. The number of rotatable bonds is 17. The van der Waals surface area contributed by atoms with E-state index in [4.69, 9.17) is 4.99 Å². The smallest absolute Gasteiger partial charge is 0.263 e. The Kier molecular flexibility index (Phi) is 11.8. The average molecular weight is 637 g/mol. The molecule has 1 aliphatic carbocycles. The first-order chi connectivity index (χ1) is 21.8. The van der Waals surface area contributed by atoms with Crippen LogP contribution in [0.15, 0.2) is 31.5 Å². The van der Waals surface area contributed by atoms with E-state index in [2.05, 4.69) is 15.1 Å². The molecule has 0 atom stereocenters. The Morgan fingerprint density at radius 2 is 1.22 bits per heavy atom. The van der Waals surface area contributed by atoms with Crippen molar-refractivity contribution in [1.29, 1.82) is 0 Å². The highest BCUT2D eigenvalue weighted by atomic mass is 16.3. The monoisotopic (exact) mass is 636 g/mol. The van der Waals surface area contributed by atoms with Gasteiger partial charge in [-0.05, 0) is 120 Å². The second-order valence-electron chi connectivity index (χ2n) is 13.4. The van der Waals surface area contributed by atoms with Gasteiger partial charge in [-0.1, -0.05) is 0 Å². The third-order valence-electron chi connectivity index (χ3n) is 8.39. The van der Waals surface area contributed by atoms with Gasteiger partial charge < -0.3 is 30.0 Å². The van der Waals surface area contributed by atoms with Gasteiger partial charge in [-0.3, -0.25) is 28.5 Å². The molecule has 2 heterocycles. The van der Waals surface area contributed by atoms with E-state index in [0.717, 1.165) is 39.0 Å². The van der Waals surface area contributed by atoms with E-state index in [9.17, 15) is 19.5 Å². The molecule has 0 radical (unpaired) electrons. The zero-order valence-electron chi connectivity index (χ0n) is 28.9. The molecule has 0 bridgehead atoms. The number of anilines is 1. The lowest BCUT2D eigenvalue weighted by molar-refractivity contribution is 0.365. The Labute approximate surface area is 271 Å². The number of nitrogens with one attached hydrogen (secondary N) is 1. The topological polar surface area (TPSA) is 119 Å². The summed E-state index contributed by atoms with van der Waals surface area (Å²) in [7, 11) is 15.9. The second kappa shape index (κ2) is 15.3. The minimum atomic E-state index is -0.399. The molecule has 252 valence electrons. The molecule has 12 heteroatoms. The molecule has 0 saturated carbocycles. The molecule has 12 nitrogen and oxygen atoms in total. The van der Waals surface area contributed by atoms with Crippen LogP contribution in [-0.2, 0) is 13.1 Å². The molecule has 2 N–H and O–H groups in total. The van der Waals surface area contributed by atoms with Crippen LogP contribution in [-0.4, -0.2) is 129 Å². The largest absolute Gasteiger partial charge is 0.494 e. The summed E-state index contributed by atoms with van der Waals surface area (Å²) in [6, 6.07) is 3.48. The Hall–Kier alpha value is -3.58. The summed E-state index contributed by atoms with van der Waals surface area (Å²) < 4.78 is 2.74. The van der Waals surface area contributed by atoms with E-state index >= 15 is 0 Å². The lowest BCUT2D eigenvalue weighted by Crippen LogP contribution is -2.38. The van der Waals surface area contributed by atoms with Crippen LogP contribution < -0.4 is 27.4 Å². The molecular formula is C34H52N8O4.